The van der Waals surface area contributed by atoms with Gasteiger partial charge in [-0.1, -0.05) is 38.5 Å². The summed E-state index contributed by atoms with van der Waals surface area (Å²) in [5, 5.41) is 0. The number of carbonyl (C=O) groups excluding carboxylic acids is 1. The van der Waals surface area contributed by atoms with Gasteiger partial charge in [-0.05, 0) is 62.3 Å². The molecule has 0 atom stereocenters. The Morgan fingerprint density at radius 3 is 2.41 bits per heavy atom. The number of unbranched alkanes of at least 4 members (excludes halogenated alkanes) is 2. The third-order valence-corrected chi connectivity index (χ3v) is 5.49. The number of alkyl halides is 2. The molecule has 0 heterocycles. The molecule has 1 aliphatic rings. The van der Waals surface area contributed by atoms with Gasteiger partial charge in [0.05, 0.1) is 5.92 Å². The van der Waals surface area contributed by atoms with Gasteiger partial charge in [0.15, 0.2) is 0 Å². The number of aryl methyl sites for hydroxylation is 1. The zero-order valence-corrected chi connectivity index (χ0v) is 16.4. The summed E-state index contributed by atoms with van der Waals surface area (Å²) in [5.41, 5.74) is 1.15. The molecule has 0 radical (unpaired) electrons. The largest absolute Gasteiger partial charge is 0.432 e. The molecular weight excluding hydrogens is 348 g/mol. The lowest BCUT2D eigenvalue weighted by Gasteiger charge is -2.36. The van der Waals surface area contributed by atoms with E-state index in [1.165, 1.54) is 12.5 Å². The Labute approximate surface area is 161 Å². The molecule has 1 saturated carbocycles. The highest BCUT2D eigenvalue weighted by Crippen LogP contribution is 2.39. The average molecular weight is 379 g/mol. The van der Waals surface area contributed by atoms with Crippen molar-refractivity contribution in [2.45, 2.75) is 70.4 Å². The van der Waals surface area contributed by atoms with Crippen molar-refractivity contribution in [1.82, 2.24) is 4.90 Å². The molecular formula is C22H31F2NO2. The second kappa shape index (κ2) is 9.86. The average Bonchev–Trinajstić information content (AvgIpc) is 2.68. The molecule has 2 rings (SSSR count). The summed E-state index contributed by atoms with van der Waals surface area (Å²) in [7, 11) is 1.70. The summed E-state index contributed by atoms with van der Waals surface area (Å²) in [6.07, 6.45) is 4.24. The first-order chi connectivity index (χ1) is 12.9. The summed E-state index contributed by atoms with van der Waals surface area (Å²) in [4.78, 5) is 13.3. The molecule has 1 fully saturated rings. The van der Waals surface area contributed by atoms with Crippen LogP contribution in [-0.4, -0.2) is 30.0 Å². The molecule has 1 aliphatic carbocycles. The van der Waals surface area contributed by atoms with Gasteiger partial charge in [-0.25, -0.2) is 0 Å². The highest BCUT2D eigenvalue weighted by molar-refractivity contribution is 5.87. The van der Waals surface area contributed by atoms with Gasteiger partial charge in [0.2, 0.25) is 5.91 Å². The Kier molecular flexibility index (Phi) is 7.81. The molecule has 27 heavy (non-hydrogen) atoms. The van der Waals surface area contributed by atoms with Crippen molar-refractivity contribution >= 4 is 5.91 Å². The smallest absolute Gasteiger partial charge is 0.400 e. The van der Waals surface area contributed by atoms with E-state index in [9.17, 15) is 13.6 Å². The van der Waals surface area contributed by atoms with Crippen LogP contribution in [-0.2, 0) is 11.2 Å². The Morgan fingerprint density at radius 2 is 1.85 bits per heavy atom. The number of rotatable bonds is 9. The number of likely N-dealkylation sites (N-methyl/N-ethyl adjacent to an activating group) is 1. The fourth-order valence-electron chi connectivity index (χ4n) is 3.67. The van der Waals surface area contributed by atoms with Crippen LogP contribution in [0.5, 0.6) is 5.75 Å². The lowest BCUT2D eigenvalue weighted by atomic mass is 9.84. The second-order valence-electron chi connectivity index (χ2n) is 7.42. The quantitative estimate of drug-likeness (QED) is 0.413. The minimum absolute atomic E-state index is 0.00930. The second-order valence-corrected chi connectivity index (χ2v) is 7.42. The van der Waals surface area contributed by atoms with Crippen LogP contribution in [0.2, 0.25) is 0 Å². The van der Waals surface area contributed by atoms with Crippen molar-refractivity contribution in [2.24, 2.45) is 5.92 Å². The van der Waals surface area contributed by atoms with E-state index < -0.39 is 12.0 Å². The number of nitrogens with zero attached hydrogens (tertiary/aromatic N) is 1. The Bertz CT molecular complexity index is 607. The van der Waals surface area contributed by atoms with Crippen molar-refractivity contribution in [3.8, 4) is 5.75 Å². The SMILES string of the molecule is C=CC(=O)N(C)C1CCC(C(F)(F)Oc2ccc(CCCCC)cc2)CC1. The molecule has 1 aromatic carbocycles. The third kappa shape index (κ3) is 6.05. The molecule has 0 aromatic heterocycles. The topological polar surface area (TPSA) is 29.5 Å². The number of amides is 1. The molecule has 0 N–H and O–H groups in total. The molecule has 1 amide bonds. The molecule has 0 bridgehead atoms. The lowest BCUT2D eigenvalue weighted by molar-refractivity contribution is -0.223. The molecule has 1 aromatic rings. The molecule has 5 heteroatoms. The molecule has 0 unspecified atom stereocenters. The van der Waals surface area contributed by atoms with Crippen LogP contribution in [0.3, 0.4) is 0 Å². The van der Waals surface area contributed by atoms with E-state index in [2.05, 4.69) is 13.5 Å². The Morgan fingerprint density at radius 1 is 1.22 bits per heavy atom. The first kappa shape index (κ1) is 21.4. The van der Waals surface area contributed by atoms with Crippen molar-refractivity contribution in [3.63, 3.8) is 0 Å². The summed E-state index contributed by atoms with van der Waals surface area (Å²) >= 11 is 0. The highest BCUT2D eigenvalue weighted by Gasteiger charge is 2.44. The van der Waals surface area contributed by atoms with E-state index in [-0.39, 0.29) is 17.7 Å². The summed E-state index contributed by atoms with van der Waals surface area (Å²) in [6.45, 7) is 5.63. The van der Waals surface area contributed by atoms with Gasteiger partial charge in [-0.15, -0.1) is 0 Å². The standard InChI is InChI=1S/C22H31F2NO2/c1-4-6-7-8-17-9-15-20(16-10-17)27-22(23,24)18-11-13-19(14-12-18)25(3)21(26)5-2/h5,9-10,15-16,18-19H,2,4,6-8,11-14H2,1,3H3. The number of ether oxygens (including phenoxy) is 1. The van der Waals surface area contributed by atoms with Gasteiger partial charge in [-0.2, -0.15) is 8.78 Å². The molecule has 150 valence electrons. The molecule has 3 nitrogen and oxygen atoms in total. The van der Waals surface area contributed by atoms with Crippen LogP contribution in [0.15, 0.2) is 36.9 Å². The van der Waals surface area contributed by atoms with E-state index >= 15 is 0 Å². The van der Waals surface area contributed by atoms with Crippen LogP contribution in [0.4, 0.5) is 8.78 Å². The number of benzene rings is 1. The van der Waals surface area contributed by atoms with Crippen molar-refractivity contribution in [1.29, 1.82) is 0 Å². The maximum absolute atomic E-state index is 14.6. The zero-order valence-electron chi connectivity index (χ0n) is 16.4. The summed E-state index contributed by atoms with van der Waals surface area (Å²) < 4.78 is 34.2. The maximum Gasteiger partial charge on any atom is 0.400 e. The van der Waals surface area contributed by atoms with E-state index in [4.69, 9.17) is 4.74 Å². The van der Waals surface area contributed by atoms with Crippen molar-refractivity contribution < 1.29 is 18.3 Å². The number of hydrogen-bond acceptors (Lipinski definition) is 2. The Balaban J connectivity index is 1.87. The lowest BCUT2D eigenvalue weighted by Crippen LogP contribution is -2.43. The van der Waals surface area contributed by atoms with E-state index in [0.717, 1.165) is 24.8 Å². The highest BCUT2D eigenvalue weighted by atomic mass is 19.3. The van der Waals surface area contributed by atoms with Crippen LogP contribution < -0.4 is 4.74 Å². The minimum atomic E-state index is -3.20. The predicted octanol–water partition coefficient (Wildman–Crippen LogP) is 5.59. The molecule has 0 saturated heterocycles. The van der Waals surface area contributed by atoms with Crippen LogP contribution in [0, 0.1) is 5.92 Å². The van der Waals surface area contributed by atoms with Gasteiger partial charge in [0, 0.05) is 13.1 Å². The summed E-state index contributed by atoms with van der Waals surface area (Å²) in [6, 6.07) is 7.00. The Hall–Kier alpha value is -1.91. The van der Waals surface area contributed by atoms with Gasteiger partial charge in [0.1, 0.15) is 5.75 Å². The number of hydrogen-bond donors (Lipinski definition) is 0. The first-order valence-corrected chi connectivity index (χ1v) is 9.92. The minimum Gasteiger partial charge on any atom is -0.432 e. The number of carbonyl (C=O) groups is 1. The maximum atomic E-state index is 14.6. The van der Waals surface area contributed by atoms with Gasteiger partial charge < -0.3 is 9.64 Å². The fourth-order valence-corrected chi connectivity index (χ4v) is 3.67. The van der Waals surface area contributed by atoms with Crippen molar-refractivity contribution in [3.05, 3.63) is 42.5 Å². The van der Waals surface area contributed by atoms with Gasteiger partial charge >= 0.3 is 6.11 Å². The van der Waals surface area contributed by atoms with Crippen LogP contribution in [0.25, 0.3) is 0 Å². The summed E-state index contributed by atoms with van der Waals surface area (Å²) in [5.74, 6) is -0.786. The number of halogens is 2. The van der Waals surface area contributed by atoms with Crippen LogP contribution in [0.1, 0.15) is 57.4 Å². The molecule has 0 spiro atoms. The van der Waals surface area contributed by atoms with Gasteiger partial charge in [-0.3, -0.25) is 4.79 Å². The monoisotopic (exact) mass is 379 g/mol. The predicted molar refractivity (Wildman–Crippen MR) is 104 cm³/mol. The van der Waals surface area contributed by atoms with Crippen molar-refractivity contribution in [2.75, 3.05) is 7.05 Å². The first-order valence-electron chi connectivity index (χ1n) is 9.92. The normalized spacial score (nSPS) is 20.1. The van der Waals surface area contributed by atoms with Crippen LogP contribution >= 0.6 is 0 Å². The van der Waals surface area contributed by atoms with E-state index in [1.807, 2.05) is 12.1 Å². The zero-order chi connectivity index (χ0) is 19.9. The van der Waals surface area contributed by atoms with E-state index in [1.54, 1.807) is 24.1 Å². The third-order valence-electron chi connectivity index (χ3n) is 5.49. The van der Waals surface area contributed by atoms with Gasteiger partial charge in [0.25, 0.3) is 0 Å². The fraction of sp³-hybridized carbons (Fsp3) is 0.591. The van der Waals surface area contributed by atoms with E-state index in [0.29, 0.717) is 25.7 Å². The molecule has 0 aliphatic heterocycles.